The molecule has 0 aromatic heterocycles. The number of carbonyl (C=O) groups is 3. The SMILES string of the molecule is O=C(NC1CCCCC1)c1ccccc1NC(=O)[C@@H]1CCCC[C@@H]1C(=O)O. The minimum absolute atomic E-state index is 0.184. The van der Waals surface area contributed by atoms with E-state index in [9.17, 15) is 19.5 Å². The van der Waals surface area contributed by atoms with E-state index in [0.29, 0.717) is 24.1 Å². The third-order valence-electron chi connectivity index (χ3n) is 5.79. The minimum atomic E-state index is -0.918. The Bertz CT molecular complexity index is 697. The number of para-hydroxylation sites is 1. The van der Waals surface area contributed by atoms with Crippen LogP contribution in [0.1, 0.15) is 68.1 Å². The van der Waals surface area contributed by atoms with Crippen LogP contribution in [0.4, 0.5) is 5.69 Å². The number of nitrogens with one attached hydrogen (secondary N) is 2. The zero-order valence-electron chi connectivity index (χ0n) is 15.6. The van der Waals surface area contributed by atoms with Gasteiger partial charge in [0.1, 0.15) is 0 Å². The van der Waals surface area contributed by atoms with Crippen molar-refractivity contribution in [1.82, 2.24) is 5.32 Å². The number of carbonyl (C=O) groups excluding carboxylic acids is 2. The summed E-state index contributed by atoms with van der Waals surface area (Å²) in [5.41, 5.74) is 0.879. The van der Waals surface area contributed by atoms with Gasteiger partial charge in [0, 0.05) is 6.04 Å². The van der Waals surface area contributed by atoms with Crippen molar-refractivity contribution >= 4 is 23.5 Å². The van der Waals surface area contributed by atoms with Crippen LogP contribution in [0.5, 0.6) is 0 Å². The third-order valence-corrected chi connectivity index (χ3v) is 5.79. The van der Waals surface area contributed by atoms with Gasteiger partial charge in [0.15, 0.2) is 0 Å². The molecule has 6 heteroatoms. The molecule has 0 saturated heterocycles. The summed E-state index contributed by atoms with van der Waals surface area (Å²) < 4.78 is 0. The summed E-state index contributed by atoms with van der Waals surface area (Å²) in [5.74, 6) is -2.61. The molecular weight excluding hydrogens is 344 g/mol. The summed E-state index contributed by atoms with van der Waals surface area (Å²) in [4.78, 5) is 36.9. The molecule has 2 aliphatic carbocycles. The Balaban J connectivity index is 1.70. The van der Waals surface area contributed by atoms with E-state index >= 15 is 0 Å². The lowest BCUT2D eigenvalue weighted by molar-refractivity contribution is -0.147. The summed E-state index contributed by atoms with van der Waals surface area (Å²) in [7, 11) is 0. The fourth-order valence-electron chi connectivity index (χ4n) is 4.27. The second-order valence-electron chi connectivity index (χ2n) is 7.68. The highest BCUT2D eigenvalue weighted by Crippen LogP contribution is 2.31. The van der Waals surface area contributed by atoms with Crippen molar-refractivity contribution in [2.24, 2.45) is 11.8 Å². The fraction of sp³-hybridized carbons (Fsp3) is 0.571. The molecule has 0 aliphatic heterocycles. The Morgan fingerprint density at radius 3 is 2.19 bits per heavy atom. The number of carboxylic acid groups (broad SMARTS) is 1. The first kappa shape index (κ1) is 19.4. The summed E-state index contributed by atoms with van der Waals surface area (Å²) in [6, 6.07) is 7.12. The number of rotatable bonds is 5. The van der Waals surface area contributed by atoms with E-state index in [2.05, 4.69) is 10.6 Å². The van der Waals surface area contributed by atoms with E-state index in [-0.39, 0.29) is 17.9 Å². The number of hydrogen-bond acceptors (Lipinski definition) is 3. The highest BCUT2D eigenvalue weighted by atomic mass is 16.4. The maximum absolute atomic E-state index is 12.7. The smallest absolute Gasteiger partial charge is 0.307 e. The van der Waals surface area contributed by atoms with Crippen molar-refractivity contribution in [3.63, 3.8) is 0 Å². The molecule has 0 spiro atoms. The molecule has 0 bridgehead atoms. The largest absolute Gasteiger partial charge is 0.481 e. The monoisotopic (exact) mass is 372 g/mol. The predicted octanol–water partition coefficient (Wildman–Crippen LogP) is 3.58. The number of amides is 2. The van der Waals surface area contributed by atoms with Crippen LogP contribution in [0.15, 0.2) is 24.3 Å². The Morgan fingerprint density at radius 2 is 1.48 bits per heavy atom. The van der Waals surface area contributed by atoms with Crippen LogP contribution in [-0.4, -0.2) is 28.9 Å². The summed E-state index contributed by atoms with van der Waals surface area (Å²) in [5, 5.41) is 15.3. The van der Waals surface area contributed by atoms with Crippen LogP contribution in [0.25, 0.3) is 0 Å². The fourth-order valence-corrected chi connectivity index (χ4v) is 4.27. The molecule has 6 nitrogen and oxygen atoms in total. The zero-order valence-corrected chi connectivity index (χ0v) is 15.6. The van der Waals surface area contributed by atoms with E-state index in [1.54, 1.807) is 24.3 Å². The normalized spacial score (nSPS) is 23.4. The maximum atomic E-state index is 12.7. The zero-order chi connectivity index (χ0) is 19.2. The first-order valence-corrected chi connectivity index (χ1v) is 10.00. The summed E-state index contributed by atoms with van der Waals surface area (Å²) in [6.45, 7) is 0. The van der Waals surface area contributed by atoms with Gasteiger partial charge in [-0.05, 0) is 37.8 Å². The Morgan fingerprint density at radius 1 is 0.852 bits per heavy atom. The molecule has 1 aromatic rings. The first-order valence-electron chi connectivity index (χ1n) is 10.00. The van der Waals surface area contributed by atoms with Crippen LogP contribution in [0, 0.1) is 11.8 Å². The molecule has 2 fully saturated rings. The van der Waals surface area contributed by atoms with Crippen LogP contribution in [0.2, 0.25) is 0 Å². The van der Waals surface area contributed by atoms with Crippen molar-refractivity contribution in [2.75, 3.05) is 5.32 Å². The highest BCUT2D eigenvalue weighted by molar-refractivity contribution is 6.04. The molecule has 3 N–H and O–H groups in total. The summed E-state index contributed by atoms with van der Waals surface area (Å²) >= 11 is 0. The van der Waals surface area contributed by atoms with Crippen LogP contribution < -0.4 is 10.6 Å². The van der Waals surface area contributed by atoms with Gasteiger partial charge in [0.2, 0.25) is 5.91 Å². The van der Waals surface area contributed by atoms with Crippen molar-refractivity contribution in [1.29, 1.82) is 0 Å². The van der Waals surface area contributed by atoms with Crippen molar-refractivity contribution in [2.45, 2.75) is 63.8 Å². The van der Waals surface area contributed by atoms with Crippen molar-refractivity contribution in [3.05, 3.63) is 29.8 Å². The number of hydrogen-bond donors (Lipinski definition) is 3. The van der Waals surface area contributed by atoms with E-state index in [4.69, 9.17) is 0 Å². The van der Waals surface area contributed by atoms with Gasteiger partial charge < -0.3 is 15.7 Å². The predicted molar refractivity (Wildman–Crippen MR) is 102 cm³/mol. The molecule has 146 valence electrons. The summed E-state index contributed by atoms with van der Waals surface area (Å²) in [6.07, 6.45) is 8.23. The lowest BCUT2D eigenvalue weighted by Gasteiger charge is -2.28. The number of aliphatic carboxylic acids is 1. The van der Waals surface area contributed by atoms with Crippen molar-refractivity contribution < 1.29 is 19.5 Å². The minimum Gasteiger partial charge on any atom is -0.481 e. The van der Waals surface area contributed by atoms with Crippen LogP contribution >= 0.6 is 0 Å². The van der Waals surface area contributed by atoms with Crippen LogP contribution in [-0.2, 0) is 9.59 Å². The standard InChI is InChI=1S/C21H28N2O4/c24-19(15-10-4-5-11-16(15)21(26)27)23-18-13-7-6-12-17(18)20(25)22-14-8-2-1-3-9-14/h6-7,12-16H,1-5,8-11H2,(H,22,25)(H,23,24)(H,26,27)/t15-,16+/m1/s1. The maximum Gasteiger partial charge on any atom is 0.307 e. The van der Waals surface area contributed by atoms with Gasteiger partial charge >= 0.3 is 5.97 Å². The van der Waals surface area contributed by atoms with Gasteiger partial charge in [-0.1, -0.05) is 44.2 Å². The topological polar surface area (TPSA) is 95.5 Å². The second-order valence-corrected chi connectivity index (χ2v) is 7.68. The quantitative estimate of drug-likeness (QED) is 0.736. The van der Waals surface area contributed by atoms with Gasteiger partial charge in [0.05, 0.1) is 23.1 Å². The van der Waals surface area contributed by atoms with Gasteiger partial charge in [-0.2, -0.15) is 0 Å². The number of carboxylic acids is 1. The molecule has 3 rings (SSSR count). The Hall–Kier alpha value is -2.37. The molecule has 2 saturated carbocycles. The third kappa shape index (κ3) is 4.87. The lowest BCUT2D eigenvalue weighted by atomic mass is 9.78. The van der Waals surface area contributed by atoms with E-state index in [0.717, 1.165) is 38.5 Å². The van der Waals surface area contributed by atoms with Gasteiger partial charge in [-0.25, -0.2) is 0 Å². The van der Waals surface area contributed by atoms with Crippen LogP contribution in [0.3, 0.4) is 0 Å². The lowest BCUT2D eigenvalue weighted by Crippen LogP contribution is -2.38. The molecule has 1 aromatic carbocycles. The molecule has 0 unspecified atom stereocenters. The van der Waals surface area contributed by atoms with Gasteiger partial charge in [-0.15, -0.1) is 0 Å². The second kappa shape index (κ2) is 9.02. The van der Waals surface area contributed by atoms with Crippen molar-refractivity contribution in [3.8, 4) is 0 Å². The Labute approximate surface area is 159 Å². The van der Waals surface area contributed by atoms with E-state index < -0.39 is 17.8 Å². The molecule has 0 heterocycles. The first-order chi connectivity index (χ1) is 13.1. The van der Waals surface area contributed by atoms with E-state index in [1.165, 1.54) is 6.42 Å². The molecule has 2 amide bonds. The molecule has 0 radical (unpaired) electrons. The average Bonchev–Trinajstić information content (AvgIpc) is 2.69. The van der Waals surface area contributed by atoms with E-state index in [1.807, 2.05) is 0 Å². The average molecular weight is 372 g/mol. The molecular formula is C21H28N2O4. The highest BCUT2D eigenvalue weighted by Gasteiger charge is 2.36. The molecule has 2 aliphatic rings. The van der Waals surface area contributed by atoms with Gasteiger partial charge in [-0.3, -0.25) is 14.4 Å². The molecule has 27 heavy (non-hydrogen) atoms. The van der Waals surface area contributed by atoms with Gasteiger partial charge in [0.25, 0.3) is 5.91 Å². The Kier molecular flexibility index (Phi) is 6.48. The molecule has 2 atom stereocenters. The number of anilines is 1. The number of benzene rings is 1.